The Balaban J connectivity index is 1.12. The normalized spacial score (nSPS) is 14.0. The van der Waals surface area contributed by atoms with Gasteiger partial charge in [0.2, 0.25) is 0 Å². The average Bonchev–Trinajstić information content (AvgIpc) is 1.12. The fourth-order valence-electron chi connectivity index (χ4n) is 13.8. The van der Waals surface area contributed by atoms with Crippen LogP contribution in [0.15, 0.2) is 224 Å². The minimum Gasteiger partial charge on any atom is -0.311 e. The summed E-state index contributed by atoms with van der Waals surface area (Å²) in [5.41, 5.74) is 17.1. The van der Waals surface area contributed by atoms with Gasteiger partial charge in [-0.25, -0.2) is 0 Å². The highest BCUT2D eigenvalue weighted by molar-refractivity contribution is 7.33. The molecule has 0 N–H and O–H groups in total. The first-order valence-corrected chi connectivity index (χ1v) is 30.1. The molecule has 16 rings (SSSR count). The van der Waals surface area contributed by atoms with Crippen LogP contribution < -0.4 is 25.5 Å². The van der Waals surface area contributed by atoms with Gasteiger partial charge in [-0.3, -0.25) is 0 Å². The number of rotatable bonds is 5. The van der Waals surface area contributed by atoms with E-state index in [1.54, 1.807) is 0 Å². The Kier molecular flexibility index (Phi) is 10.0. The van der Waals surface area contributed by atoms with Gasteiger partial charge in [-0.2, -0.15) is 0 Å². The summed E-state index contributed by atoms with van der Waals surface area (Å²) in [5, 5.41) is 10.1. The zero-order valence-electron chi connectivity index (χ0n) is 51.5. The maximum Gasteiger partial charge on any atom is 0.264 e. The monoisotopic (exact) mass is 1090 g/mol. The third-order valence-corrected chi connectivity index (χ3v) is 19.3. The molecule has 400 valence electrons. The Bertz CT molecular complexity index is 5050. The highest BCUT2D eigenvalue weighted by Crippen LogP contribution is 2.56. The summed E-state index contributed by atoms with van der Waals surface area (Å²) in [6.45, 7) is 20.2. The Labute approximate surface area is 495 Å². The topological polar surface area (TPSA) is 11.4 Å². The van der Waals surface area contributed by atoms with Crippen LogP contribution in [0.5, 0.6) is 0 Å². The molecule has 12 aromatic carbocycles. The van der Waals surface area contributed by atoms with E-state index in [0.717, 1.165) is 109 Å². The molecule has 0 amide bonds. The summed E-state index contributed by atoms with van der Waals surface area (Å²) in [6, 6.07) is 75.8. The lowest BCUT2D eigenvalue weighted by atomic mass is 9.36. The summed E-state index contributed by atoms with van der Waals surface area (Å²) < 4.78 is 37.2. The van der Waals surface area contributed by atoms with E-state index in [-0.39, 0.29) is 34.4 Å². The van der Waals surface area contributed by atoms with E-state index in [1.807, 2.05) is 23.5 Å². The van der Waals surface area contributed by atoms with E-state index in [4.69, 9.17) is 0 Å². The van der Waals surface area contributed by atoms with Gasteiger partial charge in [0.05, 0.1) is 32.2 Å². The van der Waals surface area contributed by atoms with Gasteiger partial charge in [0.25, 0.3) is 6.71 Å². The van der Waals surface area contributed by atoms with Crippen LogP contribution in [0, 0.1) is 0 Å². The minimum absolute atomic E-state index is 0.0301. The van der Waals surface area contributed by atoms with Crippen LogP contribution in [-0.4, -0.2) is 11.3 Å². The van der Waals surface area contributed by atoms with Crippen molar-refractivity contribution in [2.45, 2.75) is 78.6 Å². The molecule has 14 aromatic rings. The molecule has 2 aliphatic rings. The second-order valence-corrected chi connectivity index (χ2v) is 27.3. The van der Waals surface area contributed by atoms with E-state index in [0.29, 0.717) is 16.8 Å². The first-order valence-electron chi connectivity index (χ1n) is 30.8. The fraction of sp³-hybridized carbons (Fsp3) is 0.154. The summed E-state index contributed by atoms with van der Waals surface area (Å²) in [5.74, 6) is 0. The zero-order valence-corrected chi connectivity index (χ0v) is 49.3. The van der Waals surface area contributed by atoms with Crippen molar-refractivity contribution >= 4 is 132 Å². The van der Waals surface area contributed by atoms with Gasteiger partial charge in [0, 0.05) is 64.9 Å². The Morgan fingerprint density at radius 1 is 0.410 bits per heavy atom. The van der Waals surface area contributed by atoms with E-state index < -0.39 is 6.71 Å². The molecule has 0 saturated heterocycles. The van der Waals surface area contributed by atoms with Crippen LogP contribution in [0.1, 0.15) is 83.1 Å². The number of benzene rings is 12. The molecule has 0 saturated carbocycles. The first kappa shape index (κ1) is 46.7. The number of hydrogen-bond donors (Lipinski definition) is 0. The quantitative estimate of drug-likeness (QED) is 0.126. The first-order chi connectivity index (χ1) is 41.3. The number of thiophene rings is 1. The number of nitrogens with zero attached hydrogens (tertiary/aromatic N) is 3. The summed E-state index contributed by atoms with van der Waals surface area (Å²) in [6.07, 6.45) is 0. The molecule has 0 unspecified atom stereocenters. The maximum absolute atomic E-state index is 11.2. The van der Waals surface area contributed by atoms with Gasteiger partial charge >= 0.3 is 0 Å². The van der Waals surface area contributed by atoms with Crippen LogP contribution in [0.4, 0.5) is 34.1 Å². The third kappa shape index (κ3) is 7.49. The molecule has 0 radical (unpaired) electrons. The zero-order chi connectivity index (χ0) is 59.0. The molecule has 0 atom stereocenters. The van der Waals surface area contributed by atoms with Crippen molar-refractivity contribution in [3.8, 4) is 27.9 Å². The molecule has 4 heterocycles. The predicted octanol–water partition coefficient (Wildman–Crippen LogP) is 20.2. The molecule has 2 aromatic heterocycles. The van der Waals surface area contributed by atoms with Crippen LogP contribution in [0.2, 0.25) is 0 Å². The van der Waals surface area contributed by atoms with Crippen molar-refractivity contribution in [1.29, 1.82) is 0 Å². The second kappa shape index (κ2) is 17.8. The smallest absolute Gasteiger partial charge is 0.264 e. The molecule has 0 spiro atoms. The highest BCUT2D eigenvalue weighted by atomic mass is 32.1. The largest absolute Gasteiger partial charge is 0.311 e. The van der Waals surface area contributed by atoms with Crippen LogP contribution in [0.3, 0.4) is 0 Å². The Morgan fingerprint density at radius 2 is 0.940 bits per heavy atom. The Morgan fingerprint density at radius 3 is 1.55 bits per heavy atom. The Hall–Kier alpha value is -8.90. The van der Waals surface area contributed by atoms with Gasteiger partial charge in [-0.15, -0.1) is 11.3 Å². The number of para-hydroxylation sites is 2. The van der Waals surface area contributed by atoms with Gasteiger partial charge < -0.3 is 14.4 Å². The number of aromatic nitrogens is 1. The summed E-state index contributed by atoms with van der Waals surface area (Å²) in [7, 11) is 0. The molecular formula is C78H64BN3S. The maximum atomic E-state index is 11.2. The summed E-state index contributed by atoms with van der Waals surface area (Å²) >= 11 is 1.81. The van der Waals surface area contributed by atoms with Gasteiger partial charge in [0.15, 0.2) is 0 Å². The lowest BCUT2D eigenvalue weighted by Gasteiger charge is -2.45. The molecule has 0 bridgehead atoms. The van der Waals surface area contributed by atoms with Gasteiger partial charge in [0.1, 0.15) is 0 Å². The second-order valence-electron chi connectivity index (χ2n) is 26.3. The van der Waals surface area contributed by atoms with Gasteiger partial charge in [-0.1, -0.05) is 226 Å². The van der Waals surface area contributed by atoms with Crippen LogP contribution >= 0.6 is 11.3 Å². The van der Waals surface area contributed by atoms with Gasteiger partial charge in [-0.05, 0) is 143 Å². The van der Waals surface area contributed by atoms with E-state index in [9.17, 15) is 4.11 Å². The SMILES string of the molecule is [2H]c1c([2H])c(-n2c3ccccc3c3ccccc32)c([2H])c2c1B1c3sc4cc(C(C)(C)C)ccc4c3N(c3c(-c4ccccc4)cc(C(C)(C)C)cc3-c3ccccc3)c3cc(C(C)(C)C)cc(c31)N2c1ccc2ccc3cccc4ccc1c2c34. The fourth-order valence-corrected chi connectivity index (χ4v) is 15.2. The van der Waals surface area contributed by atoms with Crippen molar-refractivity contribution in [3.63, 3.8) is 0 Å². The van der Waals surface area contributed by atoms with E-state index in [1.165, 1.54) is 32.7 Å². The third-order valence-electron chi connectivity index (χ3n) is 18.1. The minimum atomic E-state index is -0.538. The molecule has 5 heteroatoms. The summed E-state index contributed by atoms with van der Waals surface area (Å²) in [4.78, 5) is 5.00. The van der Waals surface area contributed by atoms with Crippen LogP contribution in [0.25, 0.3) is 92.2 Å². The number of fused-ring (bicyclic) bond motifs is 9. The van der Waals surface area contributed by atoms with E-state index >= 15 is 0 Å². The molecule has 83 heavy (non-hydrogen) atoms. The number of anilines is 6. The molecular weight excluding hydrogens is 1020 g/mol. The van der Waals surface area contributed by atoms with Crippen molar-refractivity contribution in [2.75, 3.05) is 9.80 Å². The van der Waals surface area contributed by atoms with Crippen molar-refractivity contribution < 1.29 is 4.11 Å². The number of hydrogen-bond acceptors (Lipinski definition) is 3. The average molecular weight is 1090 g/mol. The van der Waals surface area contributed by atoms with Crippen molar-refractivity contribution in [3.05, 3.63) is 241 Å². The highest BCUT2D eigenvalue weighted by Gasteiger charge is 2.47. The standard InChI is InChI=1S/C78H64BN3S/c1-76(2,3)52-35-38-59-69(45-52)83-75-74(59)82(73-60(47-21-12-10-13-22-47)41-53(77(4,5)6)42-61(73)48-23-14-11-15-24-48)68-44-54(78(7,8)9)43-67-72(68)79(75)62-39-36-55(80-63-29-18-16-27-56(63)57-28-17-19-30-64(57)80)46-66(62)81(67)65-40-34-51-32-31-49-25-20-26-50-33-37-58(65)71(51)70(49)50/h10-46H,1-9H3/i36D,39D,46D. The molecule has 2 aliphatic heterocycles. The predicted molar refractivity (Wildman–Crippen MR) is 361 cm³/mol. The molecule has 3 nitrogen and oxygen atoms in total. The molecule has 0 aliphatic carbocycles. The lowest BCUT2D eigenvalue weighted by Crippen LogP contribution is -2.60. The lowest BCUT2D eigenvalue weighted by molar-refractivity contribution is 0.590. The van der Waals surface area contributed by atoms with E-state index in [2.05, 4.69) is 271 Å². The van der Waals surface area contributed by atoms with Crippen molar-refractivity contribution in [1.82, 2.24) is 4.57 Å². The van der Waals surface area contributed by atoms with Crippen LogP contribution in [-0.2, 0) is 16.2 Å². The molecule has 0 fully saturated rings. The van der Waals surface area contributed by atoms with Crippen molar-refractivity contribution in [2.24, 2.45) is 0 Å².